The second-order valence-corrected chi connectivity index (χ2v) is 21.1. The molecule has 0 aromatic carbocycles. The first-order valence-electron chi connectivity index (χ1n) is 32.7. The summed E-state index contributed by atoms with van der Waals surface area (Å²) in [7, 11) is 0. The van der Waals surface area contributed by atoms with Crippen LogP contribution in [0.4, 0.5) is 0 Å². The molecule has 0 amide bonds. The number of aliphatic hydroxyl groups excluding tert-OH is 1. The van der Waals surface area contributed by atoms with Crippen molar-refractivity contribution < 1.29 is 24.2 Å². The highest BCUT2D eigenvalue weighted by molar-refractivity contribution is 5.70. The first-order chi connectivity index (χ1) is 39.6. The smallest absolute Gasteiger partial charge is 0.306 e. The highest BCUT2D eigenvalue weighted by atomic mass is 16.6. The van der Waals surface area contributed by atoms with Crippen LogP contribution in [-0.2, 0) is 19.1 Å². The minimum Gasteiger partial charge on any atom is -0.462 e. The Kier molecular flexibility index (Phi) is 64.5. The number of allylic oxidation sites excluding steroid dienone is 28. The summed E-state index contributed by atoms with van der Waals surface area (Å²) in [5.74, 6) is -0.612. The molecule has 1 N–H and O–H groups in total. The van der Waals surface area contributed by atoms with Crippen LogP contribution < -0.4 is 0 Å². The van der Waals surface area contributed by atoms with Gasteiger partial charge in [-0.15, -0.1) is 0 Å². The number of aliphatic hydroxyl groups is 1. The average Bonchev–Trinajstić information content (AvgIpc) is 3.46. The van der Waals surface area contributed by atoms with E-state index in [1.54, 1.807) is 0 Å². The molecule has 0 aliphatic carbocycles. The van der Waals surface area contributed by atoms with Gasteiger partial charge in [0.2, 0.25) is 0 Å². The van der Waals surface area contributed by atoms with Crippen molar-refractivity contribution in [2.24, 2.45) is 0 Å². The van der Waals surface area contributed by atoms with Crippen LogP contribution in [0.2, 0.25) is 0 Å². The third kappa shape index (κ3) is 65.8. The summed E-state index contributed by atoms with van der Waals surface area (Å²) in [6.07, 6.45) is 106. The summed E-state index contributed by atoms with van der Waals surface area (Å²) in [6, 6.07) is 0. The molecule has 0 aliphatic rings. The minimum absolute atomic E-state index is 0.0819. The highest BCUT2D eigenvalue weighted by Gasteiger charge is 2.16. The first-order valence-corrected chi connectivity index (χ1v) is 32.7. The SMILES string of the molecule is CC/C=C\C/C=C\C/C=C\C/C=C\C/C=C\C/C=C\C/C=C\C/C=C\CCCCCCCCCCCCCCCCCCC(=O)OC(CO)COC(=O)CCCCCCCC/C=C\C/C=C\C/C=C\C/C=C\C/C=C\C/C=C\CC. The number of esters is 2. The monoisotopic (exact) mass is 1100 g/mol. The lowest BCUT2D eigenvalue weighted by Crippen LogP contribution is -2.28. The van der Waals surface area contributed by atoms with E-state index in [4.69, 9.17) is 9.47 Å². The van der Waals surface area contributed by atoms with Gasteiger partial charge in [-0.05, 0) is 128 Å². The van der Waals surface area contributed by atoms with E-state index in [1.807, 2.05) is 0 Å². The molecule has 1 atom stereocenters. The van der Waals surface area contributed by atoms with E-state index in [9.17, 15) is 14.7 Å². The fraction of sp³-hybridized carbons (Fsp3) is 0.600. The summed E-state index contributed by atoms with van der Waals surface area (Å²) < 4.78 is 10.7. The summed E-state index contributed by atoms with van der Waals surface area (Å²) in [5, 5.41) is 9.68. The molecule has 450 valence electrons. The van der Waals surface area contributed by atoms with E-state index in [-0.39, 0.29) is 25.2 Å². The van der Waals surface area contributed by atoms with Crippen LogP contribution in [0.25, 0.3) is 0 Å². The van der Waals surface area contributed by atoms with Crippen molar-refractivity contribution in [2.75, 3.05) is 13.2 Å². The van der Waals surface area contributed by atoms with Gasteiger partial charge in [0.1, 0.15) is 6.61 Å². The van der Waals surface area contributed by atoms with Crippen molar-refractivity contribution >= 4 is 11.9 Å². The standard InChI is InChI=1S/C75H120O5/c1-3-5-7-9-11-13-15-17-19-21-23-25-27-29-30-31-32-33-34-35-36-37-38-39-40-41-42-43-44-46-48-50-52-54-56-58-60-62-64-66-68-70-75(78)80-73(71-76)72-79-74(77)69-67-65-63-61-59-57-55-53-51-49-47-45-28-26-24-22-20-18-16-14-12-10-8-6-4-2/h5-8,11-14,17-20,23-26,29-30,32-33,35-36,38-39,45,47,51,53,73,76H,3-4,9-10,15-16,21-22,27-28,31,34,37,40-44,46,48-50,52,54-72H2,1-2H3/b7-5-,8-6-,13-11-,14-12-,19-17-,20-18-,25-23-,26-24-,30-29-,33-32-,36-35-,39-38-,47-45-,53-51-. The molecule has 0 aromatic rings. The van der Waals surface area contributed by atoms with Crippen LogP contribution in [0.1, 0.15) is 271 Å². The highest BCUT2D eigenvalue weighted by Crippen LogP contribution is 2.16. The number of unbranched alkanes of at least 4 members (excludes halogenated alkanes) is 22. The molecule has 0 heterocycles. The number of carbonyl (C=O) groups is 2. The number of ether oxygens (including phenoxy) is 2. The maximum Gasteiger partial charge on any atom is 0.306 e. The Bertz CT molecular complexity index is 1770. The zero-order chi connectivity index (χ0) is 57.6. The molecule has 0 aliphatic heterocycles. The molecule has 0 saturated heterocycles. The zero-order valence-electron chi connectivity index (χ0n) is 51.5. The summed E-state index contributed by atoms with van der Waals surface area (Å²) in [4.78, 5) is 24.6. The quantitative estimate of drug-likeness (QED) is 0.0373. The maximum absolute atomic E-state index is 12.4. The van der Waals surface area contributed by atoms with Crippen LogP contribution >= 0.6 is 0 Å². The third-order valence-electron chi connectivity index (χ3n) is 13.5. The molecular formula is C75H120O5. The van der Waals surface area contributed by atoms with Gasteiger partial charge < -0.3 is 14.6 Å². The van der Waals surface area contributed by atoms with Crippen LogP contribution in [0.5, 0.6) is 0 Å². The molecule has 1 unspecified atom stereocenters. The zero-order valence-corrected chi connectivity index (χ0v) is 51.5. The van der Waals surface area contributed by atoms with E-state index < -0.39 is 6.10 Å². The van der Waals surface area contributed by atoms with Crippen LogP contribution in [0, 0.1) is 0 Å². The fourth-order valence-corrected chi connectivity index (χ4v) is 8.69. The molecule has 0 bridgehead atoms. The predicted molar refractivity (Wildman–Crippen MR) is 352 cm³/mol. The van der Waals surface area contributed by atoms with E-state index in [2.05, 4.69) is 184 Å². The first kappa shape index (κ1) is 75.3. The predicted octanol–water partition coefficient (Wildman–Crippen LogP) is 22.9. The second kappa shape index (κ2) is 68.5. The normalized spacial score (nSPS) is 13.4. The van der Waals surface area contributed by atoms with Crippen LogP contribution in [0.15, 0.2) is 170 Å². The van der Waals surface area contributed by atoms with Crippen molar-refractivity contribution in [1.29, 1.82) is 0 Å². The van der Waals surface area contributed by atoms with Gasteiger partial charge in [-0.2, -0.15) is 0 Å². The summed E-state index contributed by atoms with van der Waals surface area (Å²) in [5.41, 5.74) is 0. The lowest BCUT2D eigenvalue weighted by atomic mass is 10.0. The Morgan fingerprint density at radius 3 is 0.750 bits per heavy atom. The molecule has 5 nitrogen and oxygen atoms in total. The van der Waals surface area contributed by atoms with Gasteiger partial charge >= 0.3 is 11.9 Å². The van der Waals surface area contributed by atoms with Gasteiger partial charge in [0.15, 0.2) is 6.10 Å². The van der Waals surface area contributed by atoms with Crippen molar-refractivity contribution in [3.63, 3.8) is 0 Å². The van der Waals surface area contributed by atoms with Gasteiger partial charge in [-0.1, -0.05) is 300 Å². The number of carbonyl (C=O) groups excluding carboxylic acids is 2. The topological polar surface area (TPSA) is 72.8 Å². The Morgan fingerprint density at radius 2 is 0.500 bits per heavy atom. The molecule has 80 heavy (non-hydrogen) atoms. The van der Waals surface area contributed by atoms with E-state index in [0.717, 1.165) is 135 Å². The molecule has 0 radical (unpaired) electrons. The largest absolute Gasteiger partial charge is 0.462 e. The second-order valence-electron chi connectivity index (χ2n) is 21.1. The number of hydrogen-bond donors (Lipinski definition) is 1. The van der Waals surface area contributed by atoms with Crippen LogP contribution in [-0.4, -0.2) is 36.4 Å². The maximum atomic E-state index is 12.4. The van der Waals surface area contributed by atoms with Gasteiger partial charge in [-0.3, -0.25) is 9.59 Å². The van der Waals surface area contributed by atoms with Crippen molar-refractivity contribution in [3.8, 4) is 0 Å². The van der Waals surface area contributed by atoms with Crippen molar-refractivity contribution in [2.45, 2.75) is 277 Å². The molecular weight excluding hydrogens is 981 g/mol. The Hall–Kier alpha value is -4.74. The van der Waals surface area contributed by atoms with Gasteiger partial charge in [0.05, 0.1) is 6.61 Å². The Balaban J connectivity index is 3.55. The van der Waals surface area contributed by atoms with Crippen molar-refractivity contribution in [3.05, 3.63) is 170 Å². The fourth-order valence-electron chi connectivity index (χ4n) is 8.69. The number of rotatable bonds is 58. The lowest BCUT2D eigenvalue weighted by molar-refractivity contribution is -0.161. The molecule has 0 spiro atoms. The summed E-state index contributed by atoms with van der Waals surface area (Å²) in [6.45, 7) is 3.90. The minimum atomic E-state index is -0.791. The molecule has 0 aromatic heterocycles. The lowest BCUT2D eigenvalue weighted by Gasteiger charge is -2.15. The molecule has 0 rings (SSSR count). The van der Waals surface area contributed by atoms with Gasteiger partial charge in [0, 0.05) is 12.8 Å². The molecule has 0 fully saturated rings. The third-order valence-corrected chi connectivity index (χ3v) is 13.5. The average molecular weight is 1100 g/mol. The molecule has 0 saturated carbocycles. The van der Waals surface area contributed by atoms with E-state index in [0.29, 0.717) is 12.8 Å². The molecule has 5 heteroatoms. The van der Waals surface area contributed by atoms with Gasteiger partial charge in [-0.25, -0.2) is 0 Å². The van der Waals surface area contributed by atoms with Crippen molar-refractivity contribution in [1.82, 2.24) is 0 Å². The Labute approximate surface area is 493 Å². The van der Waals surface area contributed by atoms with Gasteiger partial charge in [0.25, 0.3) is 0 Å². The summed E-state index contributed by atoms with van der Waals surface area (Å²) >= 11 is 0. The van der Waals surface area contributed by atoms with E-state index >= 15 is 0 Å². The number of hydrogen-bond acceptors (Lipinski definition) is 5. The van der Waals surface area contributed by atoms with E-state index in [1.165, 1.54) is 109 Å². The Morgan fingerprint density at radius 1 is 0.287 bits per heavy atom. The van der Waals surface area contributed by atoms with Crippen LogP contribution in [0.3, 0.4) is 0 Å².